The van der Waals surface area contributed by atoms with Gasteiger partial charge in [0, 0.05) is 30.7 Å². The fourth-order valence-electron chi connectivity index (χ4n) is 3.00. The van der Waals surface area contributed by atoms with Crippen LogP contribution in [0.1, 0.15) is 24.2 Å². The van der Waals surface area contributed by atoms with Crippen LogP contribution in [0.25, 0.3) is 10.9 Å². The van der Waals surface area contributed by atoms with Crippen LogP contribution in [0.4, 0.5) is 14.5 Å². The van der Waals surface area contributed by atoms with Crippen LogP contribution in [0.15, 0.2) is 23.1 Å². The van der Waals surface area contributed by atoms with Crippen LogP contribution >= 0.6 is 0 Å². The van der Waals surface area contributed by atoms with Gasteiger partial charge in [-0.05, 0) is 26.0 Å². The topological polar surface area (TPSA) is 88.6 Å². The molecule has 2 heterocycles. The third-order valence-electron chi connectivity index (χ3n) is 4.53. The first-order valence-electron chi connectivity index (χ1n) is 7.85. The number of aromatic carboxylic acids is 1. The summed E-state index contributed by atoms with van der Waals surface area (Å²) in [4.78, 5) is 25.5. The lowest BCUT2D eigenvalue weighted by atomic mass is 10.0. The van der Waals surface area contributed by atoms with E-state index >= 15 is 0 Å². The van der Waals surface area contributed by atoms with E-state index in [-0.39, 0.29) is 22.6 Å². The van der Waals surface area contributed by atoms with E-state index in [1.54, 1.807) is 18.7 Å². The van der Waals surface area contributed by atoms with Crippen LogP contribution in [0.5, 0.6) is 0 Å². The van der Waals surface area contributed by atoms with Crippen LogP contribution in [0.2, 0.25) is 0 Å². The number of carboxylic acids is 1. The van der Waals surface area contributed by atoms with E-state index in [4.69, 9.17) is 5.73 Å². The van der Waals surface area contributed by atoms with Gasteiger partial charge in [-0.2, -0.15) is 0 Å². The quantitative estimate of drug-likeness (QED) is 0.875. The Balaban J connectivity index is 2.34. The summed E-state index contributed by atoms with van der Waals surface area (Å²) in [6, 6.07) is 2.43. The third kappa shape index (κ3) is 2.76. The molecule has 1 fully saturated rings. The standard InChI is InChI=1S/C17H19F2N3O3/c1-17(2,8-18)22-7-11(16(24)25)15(23)10-3-12(19)14(4-13(10)22)21-5-9(20)6-21/h3-4,7,9H,5-6,8,20H2,1-2H3,(H,24,25). The van der Waals surface area contributed by atoms with Gasteiger partial charge < -0.3 is 20.3 Å². The normalized spacial score (nSPS) is 15.5. The van der Waals surface area contributed by atoms with Crippen molar-refractivity contribution in [3.8, 4) is 0 Å². The van der Waals surface area contributed by atoms with Gasteiger partial charge in [0.15, 0.2) is 0 Å². The second-order valence-corrected chi connectivity index (χ2v) is 6.98. The van der Waals surface area contributed by atoms with Gasteiger partial charge in [-0.25, -0.2) is 13.6 Å². The van der Waals surface area contributed by atoms with E-state index in [1.165, 1.54) is 10.6 Å². The number of hydrogen-bond donors (Lipinski definition) is 2. The van der Waals surface area contributed by atoms with Gasteiger partial charge in [0.1, 0.15) is 18.1 Å². The molecule has 0 bridgehead atoms. The summed E-state index contributed by atoms with van der Waals surface area (Å²) in [6.45, 7) is 3.32. The number of nitrogens with two attached hydrogens (primary N) is 1. The van der Waals surface area contributed by atoms with Crippen molar-refractivity contribution in [1.29, 1.82) is 0 Å². The van der Waals surface area contributed by atoms with Crippen molar-refractivity contribution in [2.24, 2.45) is 5.73 Å². The van der Waals surface area contributed by atoms with Gasteiger partial charge in [0.2, 0.25) is 5.43 Å². The Morgan fingerprint density at radius 1 is 1.40 bits per heavy atom. The Morgan fingerprint density at radius 3 is 2.56 bits per heavy atom. The first-order valence-corrected chi connectivity index (χ1v) is 7.85. The van der Waals surface area contributed by atoms with E-state index in [0.717, 1.165) is 12.3 Å². The molecule has 0 unspecified atom stereocenters. The van der Waals surface area contributed by atoms with E-state index < -0.39 is 35.0 Å². The number of hydrogen-bond acceptors (Lipinski definition) is 4. The molecule has 1 aromatic carbocycles. The Hall–Kier alpha value is -2.48. The minimum absolute atomic E-state index is 0.0473. The number of anilines is 1. The molecule has 3 rings (SSSR count). The number of halogens is 2. The molecule has 0 radical (unpaired) electrons. The molecule has 0 aliphatic carbocycles. The molecule has 1 aromatic heterocycles. The number of nitrogens with zero attached hydrogens (tertiary/aromatic N) is 2. The van der Waals surface area contributed by atoms with Crippen molar-refractivity contribution in [2.75, 3.05) is 24.7 Å². The Morgan fingerprint density at radius 2 is 2.04 bits per heavy atom. The average molecular weight is 351 g/mol. The molecular formula is C17H19F2N3O3. The molecule has 134 valence electrons. The van der Waals surface area contributed by atoms with Gasteiger partial charge in [0.25, 0.3) is 0 Å². The molecular weight excluding hydrogens is 332 g/mol. The van der Waals surface area contributed by atoms with Crippen molar-refractivity contribution >= 4 is 22.6 Å². The maximum atomic E-state index is 14.5. The summed E-state index contributed by atoms with van der Waals surface area (Å²) in [7, 11) is 0. The van der Waals surface area contributed by atoms with Crippen molar-refractivity contribution < 1.29 is 18.7 Å². The van der Waals surface area contributed by atoms with E-state index in [2.05, 4.69) is 0 Å². The van der Waals surface area contributed by atoms with Gasteiger partial charge in [0.05, 0.1) is 16.7 Å². The highest BCUT2D eigenvalue weighted by molar-refractivity contribution is 5.93. The number of alkyl halides is 1. The number of benzene rings is 1. The number of aromatic nitrogens is 1. The molecule has 25 heavy (non-hydrogen) atoms. The molecule has 0 saturated carbocycles. The molecule has 8 heteroatoms. The molecule has 0 spiro atoms. The predicted molar refractivity (Wildman–Crippen MR) is 90.6 cm³/mol. The zero-order valence-corrected chi connectivity index (χ0v) is 13.9. The highest BCUT2D eigenvalue weighted by atomic mass is 19.1. The van der Waals surface area contributed by atoms with Crippen molar-refractivity contribution in [3.63, 3.8) is 0 Å². The summed E-state index contributed by atoms with van der Waals surface area (Å²) in [5, 5.41) is 9.16. The van der Waals surface area contributed by atoms with Gasteiger partial charge >= 0.3 is 5.97 Å². The zero-order valence-electron chi connectivity index (χ0n) is 13.9. The molecule has 2 aromatic rings. The lowest BCUT2D eigenvalue weighted by Gasteiger charge is -2.39. The van der Waals surface area contributed by atoms with Gasteiger partial charge in [-0.1, -0.05) is 0 Å². The zero-order chi connectivity index (χ0) is 18.5. The molecule has 3 N–H and O–H groups in total. The minimum atomic E-state index is -1.44. The minimum Gasteiger partial charge on any atom is -0.477 e. The molecule has 0 amide bonds. The number of carbonyl (C=O) groups is 1. The summed E-state index contributed by atoms with van der Waals surface area (Å²) in [5.74, 6) is -2.07. The Labute approximate surface area is 142 Å². The average Bonchev–Trinajstić information content (AvgIpc) is 2.52. The van der Waals surface area contributed by atoms with E-state index in [9.17, 15) is 23.5 Å². The maximum Gasteiger partial charge on any atom is 0.341 e. The Bertz CT molecular complexity index is 917. The molecule has 1 aliphatic heterocycles. The monoisotopic (exact) mass is 351 g/mol. The molecule has 1 saturated heterocycles. The fourth-order valence-corrected chi connectivity index (χ4v) is 3.00. The second-order valence-electron chi connectivity index (χ2n) is 6.98. The SMILES string of the molecule is CC(C)(CF)n1cc(C(=O)O)c(=O)c2cc(F)c(N3CC(N)C3)cc21. The third-order valence-corrected chi connectivity index (χ3v) is 4.53. The summed E-state index contributed by atoms with van der Waals surface area (Å²) in [5.41, 5.74) is 3.87. The second kappa shape index (κ2) is 5.80. The van der Waals surface area contributed by atoms with Crippen LogP contribution in [-0.4, -0.2) is 41.4 Å². The lowest BCUT2D eigenvalue weighted by Crippen LogP contribution is -2.56. The highest BCUT2D eigenvalue weighted by Crippen LogP contribution is 2.30. The van der Waals surface area contributed by atoms with Crippen LogP contribution < -0.4 is 16.1 Å². The molecule has 1 aliphatic rings. The smallest absolute Gasteiger partial charge is 0.341 e. The Kier molecular flexibility index (Phi) is 4.03. The number of fused-ring (bicyclic) bond motifs is 1. The molecule has 6 nitrogen and oxygen atoms in total. The summed E-state index contributed by atoms with van der Waals surface area (Å²) in [6.07, 6.45) is 1.12. The fraction of sp³-hybridized carbons (Fsp3) is 0.412. The van der Waals surface area contributed by atoms with E-state index in [1.807, 2.05) is 0 Å². The predicted octanol–water partition coefficient (Wildman–Crippen LogP) is 1.69. The largest absolute Gasteiger partial charge is 0.477 e. The highest BCUT2D eigenvalue weighted by Gasteiger charge is 2.29. The number of carboxylic acid groups (broad SMARTS) is 1. The van der Waals surface area contributed by atoms with Gasteiger partial charge in [-0.3, -0.25) is 4.79 Å². The molecule has 0 atom stereocenters. The van der Waals surface area contributed by atoms with E-state index in [0.29, 0.717) is 13.1 Å². The number of pyridine rings is 1. The number of rotatable bonds is 4. The lowest BCUT2D eigenvalue weighted by molar-refractivity contribution is 0.0694. The van der Waals surface area contributed by atoms with Gasteiger partial charge in [-0.15, -0.1) is 0 Å². The first kappa shape index (κ1) is 17.3. The van der Waals surface area contributed by atoms with Crippen LogP contribution in [0, 0.1) is 5.82 Å². The van der Waals surface area contributed by atoms with Crippen molar-refractivity contribution in [3.05, 3.63) is 39.9 Å². The summed E-state index contributed by atoms with van der Waals surface area (Å²) >= 11 is 0. The summed E-state index contributed by atoms with van der Waals surface area (Å²) < 4.78 is 29.4. The van der Waals surface area contributed by atoms with Crippen molar-refractivity contribution in [2.45, 2.75) is 25.4 Å². The maximum absolute atomic E-state index is 14.5. The first-order chi connectivity index (χ1) is 11.7. The van der Waals surface area contributed by atoms with Crippen molar-refractivity contribution in [1.82, 2.24) is 4.57 Å². The van der Waals surface area contributed by atoms with Crippen LogP contribution in [0.3, 0.4) is 0 Å². The van der Waals surface area contributed by atoms with Crippen LogP contribution in [-0.2, 0) is 5.54 Å².